The molecule has 0 bridgehead atoms. The number of hydrogen-bond donors (Lipinski definition) is 3. The molecule has 2 amide bonds. The van der Waals surface area contributed by atoms with Crippen LogP contribution in [0.1, 0.15) is 34.1 Å². The lowest BCUT2D eigenvalue weighted by atomic mass is 10.1. The highest BCUT2D eigenvalue weighted by Crippen LogP contribution is 2.11. The minimum Gasteiger partial charge on any atom is -0.334 e. The molecule has 106 valence electrons. The van der Waals surface area contributed by atoms with E-state index in [0.29, 0.717) is 5.92 Å². The van der Waals surface area contributed by atoms with E-state index in [-0.39, 0.29) is 17.6 Å². The summed E-state index contributed by atoms with van der Waals surface area (Å²) in [5.41, 5.74) is 5.44. The first-order chi connectivity index (χ1) is 8.30. The number of urea groups is 1. The Balaban J connectivity index is 2.28. The summed E-state index contributed by atoms with van der Waals surface area (Å²) in [5, 5.41) is 5.96. The number of nitrogens with zero attached hydrogens (tertiary/aromatic N) is 1. The minimum atomic E-state index is -0.184. The van der Waals surface area contributed by atoms with Gasteiger partial charge in [-0.25, -0.2) is 4.79 Å². The molecule has 5 heteroatoms. The lowest BCUT2D eigenvalue weighted by molar-refractivity contribution is 0.226. The number of rotatable bonds is 4. The van der Waals surface area contributed by atoms with Gasteiger partial charge in [0.1, 0.15) is 0 Å². The maximum Gasteiger partial charge on any atom is 0.315 e. The van der Waals surface area contributed by atoms with Gasteiger partial charge in [0.25, 0.3) is 0 Å². The summed E-state index contributed by atoms with van der Waals surface area (Å²) in [5.74, 6) is 0.521. The van der Waals surface area contributed by atoms with Gasteiger partial charge in [-0.3, -0.25) is 0 Å². The van der Waals surface area contributed by atoms with Gasteiger partial charge >= 0.3 is 6.03 Å². The smallest absolute Gasteiger partial charge is 0.315 e. The third-order valence-corrected chi connectivity index (χ3v) is 3.07. The lowest BCUT2D eigenvalue weighted by Gasteiger charge is -2.23. The molecule has 0 aliphatic carbocycles. The van der Waals surface area contributed by atoms with Gasteiger partial charge in [-0.2, -0.15) is 0 Å². The summed E-state index contributed by atoms with van der Waals surface area (Å²) in [7, 11) is 0. The van der Waals surface area contributed by atoms with Gasteiger partial charge in [0.05, 0.1) is 0 Å². The third-order valence-electron chi connectivity index (χ3n) is 3.07. The largest absolute Gasteiger partial charge is 0.334 e. The van der Waals surface area contributed by atoms with Crippen LogP contribution in [0.4, 0.5) is 4.79 Å². The highest BCUT2D eigenvalue weighted by Gasteiger charge is 2.25. The van der Waals surface area contributed by atoms with Crippen LogP contribution in [0, 0.1) is 5.92 Å². The second kappa shape index (κ2) is 6.38. The quantitative estimate of drug-likeness (QED) is 0.695. The minimum absolute atomic E-state index is 0.0683. The first-order valence-electron chi connectivity index (χ1n) is 6.81. The van der Waals surface area contributed by atoms with Gasteiger partial charge in [-0.15, -0.1) is 0 Å². The molecule has 0 spiro atoms. The summed E-state index contributed by atoms with van der Waals surface area (Å²) in [6.07, 6.45) is 1.02. The van der Waals surface area contributed by atoms with Crippen molar-refractivity contribution in [3.63, 3.8) is 0 Å². The molecule has 1 aliphatic rings. The van der Waals surface area contributed by atoms with E-state index < -0.39 is 0 Å². The number of nitrogens with two attached hydrogens (primary N) is 1. The fourth-order valence-corrected chi connectivity index (χ4v) is 2.19. The van der Waals surface area contributed by atoms with Crippen LogP contribution in [0.25, 0.3) is 0 Å². The van der Waals surface area contributed by atoms with E-state index in [2.05, 4.69) is 22.5 Å². The average molecular weight is 256 g/mol. The zero-order chi connectivity index (χ0) is 13.8. The van der Waals surface area contributed by atoms with E-state index in [4.69, 9.17) is 5.73 Å². The number of carbonyl (C=O) groups is 1. The van der Waals surface area contributed by atoms with E-state index in [1.165, 1.54) is 0 Å². The molecular formula is C13H28N4O. The van der Waals surface area contributed by atoms with Crippen LogP contribution in [0.2, 0.25) is 0 Å². The number of hydrogen-bond acceptors (Lipinski definition) is 3. The SMILES string of the molecule is C[C@@H](CN)CN1CC[C@H](NC(=O)NC(C)(C)C)C1. The van der Waals surface area contributed by atoms with Crippen LogP contribution in [0.15, 0.2) is 0 Å². The molecule has 2 atom stereocenters. The fourth-order valence-electron chi connectivity index (χ4n) is 2.19. The Hall–Kier alpha value is -0.810. The molecule has 1 fully saturated rings. The van der Waals surface area contributed by atoms with Crippen LogP contribution in [-0.2, 0) is 0 Å². The summed E-state index contributed by atoms with van der Waals surface area (Å²) in [4.78, 5) is 14.1. The molecule has 0 saturated carbocycles. The van der Waals surface area contributed by atoms with Crippen molar-refractivity contribution in [3.05, 3.63) is 0 Å². The second-order valence-corrected chi connectivity index (χ2v) is 6.43. The van der Waals surface area contributed by atoms with Crippen LogP contribution < -0.4 is 16.4 Å². The van der Waals surface area contributed by atoms with Gasteiger partial charge in [0, 0.05) is 31.2 Å². The molecule has 0 aromatic heterocycles. The van der Waals surface area contributed by atoms with Crippen molar-refractivity contribution in [3.8, 4) is 0 Å². The van der Waals surface area contributed by atoms with Gasteiger partial charge in [0.15, 0.2) is 0 Å². The maximum absolute atomic E-state index is 11.7. The Kier molecular flexibility index (Phi) is 5.41. The number of nitrogens with one attached hydrogen (secondary N) is 2. The summed E-state index contributed by atoms with van der Waals surface area (Å²) >= 11 is 0. The molecule has 1 saturated heterocycles. The number of likely N-dealkylation sites (tertiary alicyclic amines) is 1. The Bertz CT molecular complexity index is 275. The molecule has 18 heavy (non-hydrogen) atoms. The first-order valence-corrected chi connectivity index (χ1v) is 6.81. The maximum atomic E-state index is 11.7. The first kappa shape index (κ1) is 15.2. The Morgan fingerprint density at radius 1 is 1.50 bits per heavy atom. The van der Waals surface area contributed by atoms with E-state index in [0.717, 1.165) is 32.6 Å². The molecular weight excluding hydrogens is 228 g/mol. The molecule has 5 nitrogen and oxygen atoms in total. The standard InChI is InChI=1S/C13H28N4O/c1-10(7-14)8-17-6-5-11(9-17)15-12(18)16-13(2,3)4/h10-11H,5-9,14H2,1-4H3,(H2,15,16,18)/t10-,11-/m0/s1. The zero-order valence-corrected chi connectivity index (χ0v) is 12.1. The van der Waals surface area contributed by atoms with Crippen molar-refractivity contribution in [1.82, 2.24) is 15.5 Å². The van der Waals surface area contributed by atoms with E-state index in [1.54, 1.807) is 0 Å². The monoisotopic (exact) mass is 256 g/mol. The normalized spacial score (nSPS) is 22.8. The molecule has 1 aliphatic heterocycles. The van der Waals surface area contributed by atoms with Crippen molar-refractivity contribution in [2.24, 2.45) is 11.7 Å². The molecule has 1 rings (SSSR count). The molecule has 4 N–H and O–H groups in total. The molecule has 0 radical (unpaired) electrons. The third kappa shape index (κ3) is 5.69. The van der Waals surface area contributed by atoms with Gasteiger partial charge in [0.2, 0.25) is 0 Å². The zero-order valence-electron chi connectivity index (χ0n) is 12.1. The molecule has 0 aromatic rings. The van der Waals surface area contributed by atoms with Crippen molar-refractivity contribution in [1.29, 1.82) is 0 Å². The highest BCUT2D eigenvalue weighted by molar-refractivity contribution is 5.75. The molecule has 0 aromatic carbocycles. The average Bonchev–Trinajstić information content (AvgIpc) is 2.62. The Labute approximate surface area is 110 Å². The van der Waals surface area contributed by atoms with Crippen LogP contribution in [0.3, 0.4) is 0 Å². The predicted molar refractivity (Wildman–Crippen MR) is 74.5 cm³/mol. The van der Waals surface area contributed by atoms with Gasteiger partial charge < -0.3 is 21.3 Å². The summed E-state index contributed by atoms with van der Waals surface area (Å²) in [6.45, 7) is 11.8. The van der Waals surface area contributed by atoms with Crippen LogP contribution in [0.5, 0.6) is 0 Å². The van der Waals surface area contributed by atoms with E-state index in [9.17, 15) is 4.79 Å². The highest BCUT2D eigenvalue weighted by atomic mass is 16.2. The number of amides is 2. The molecule has 1 heterocycles. The Morgan fingerprint density at radius 3 is 2.72 bits per heavy atom. The van der Waals surface area contributed by atoms with Crippen LogP contribution in [-0.4, -0.2) is 48.7 Å². The van der Waals surface area contributed by atoms with Crippen molar-refractivity contribution in [2.45, 2.75) is 45.7 Å². The van der Waals surface area contributed by atoms with Crippen molar-refractivity contribution >= 4 is 6.03 Å². The molecule has 0 unspecified atom stereocenters. The van der Waals surface area contributed by atoms with Crippen LogP contribution >= 0.6 is 0 Å². The van der Waals surface area contributed by atoms with Gasteiger partial charge in [-0.1, -0.05) is 6.92 Å². The summed E-state index contributed by atoms with van der Waals surface area (Å²) in [6, 6.07) is 0.193. The van der Waals surface area contributed by atoms with Gasteiger partial charge in [-0.05, 0) is 39.7 Å². The predicted octanol–water partition coefficient (Wildman–Crippen LogP) is 0.753. The fraction of sp³-hybridized carbons (Fsp3) is 0.923. The van der Waals surface area contributed by atoms with E-state index >= 15 is 0 Å². The lowest BCUT2D eigenvalue weighted by Crippen LogP contribution is -2.50. The second-order valence-electron chi connectivity index (χ2n) is 6.43. The number of carbonyl (C=O) groups excluding carboxylic acids is 1. The van der Waals surface area contributed by atoms with Crippen molar-refractivity contribution < 1.29 is 4.79 Å². The topological polar surface area (TPSA) is 70.4 Å². The summed E-state index contributed by atoms with van der Waals surface area (Å²) < 4.78 is 0. The van der Waals surface area contributed by atoms with Crippen molar-refractivity contribution in [2.75, 3.05) is 26.2 Å². The Morgan fingerprint density at radius 2 is 2.17 bits per heavy atom. The van der Waals surface area contributed by atoms with E-state index in [1.807, 2.05) is 20.8 Å².